The lowest BCUT2D eigenvalue weighted by molar-refractivity contribution is -0.131. The number of benzene rings is 1. The predicted octanol–water partition coefficient (Wildman–Crippen LogP) is 2.38. The van der Waals surface area contributed by atoms with E-state index < -0.39 is 12.1 Å². The number of carboxylic acids is 1. The van der Waals surface area contributed by atoms with Crippen LogP contribution in [0.1, 0.15) is 18.1 Å². The molecule has 4 heteroatoms. The van der Waals surface area contributed by atoms with Crippen LogP contribution >= 0.6 is 0 Å². The summed E-state index contributed by atoms with van der Waals surface area (Å²) in [6, 6.07) is 7.36. The molecule has 1 atom stereocenters. The zero-order valence-electron chi connectivity index (χ0n) is 9.68. The molecule has 0 aliphatic heterocycles. The first-order valence-electron chi connectivity index (χ1n) is 5.11. The number of aliphatic carboxylic acids is 1. The molecular formula is C13H13NO3. The molecule has 4 nitrogen and oxygen atoms in total. The Morgan fingerprint density at radius 2 is 2.29 bits per heavy atom. The monoisotopic (exact) mass is 231 g/mol. The fraction of sp³-hybridized carbons (Fsp3) is 0.231. The van der Waals surface area contributed by atoms with Crippen LogP contribution in [0, 0.1) is 18.3 Å². The molecule has 1 aromatic rings. The third kappa shape index (κ3) is 3.65. The molecule has 1 unspecified atom stereocenters. The summed E-state index contributed by atoms with van der Waals surface area (Å²) < 4.78 is 5.45. The van der Waals surface area contributed by atoms with E-state index in [9.17, 15) is 4.79 Å². The fourth-order valence-electron chi connectivity index (χ4n) is 1.33. The van der Waals surface area contributed by atoms with E-state index in [-0.39, 0.29) is 0 Å². The Balaban J connectivity index is 3.09. The highest BCUT2D eigenvalue weighted by Gasteiger charge is 2.08. The summed E-state index contributed by atoms with van der Waals surface area (Å²) in [6.45, 7) is 3.48. The minimum Gasteiger partial charge on any atom is -0.478 e. The summed E-state index contributed by atoms with van der Waals surface area (Å²) >= 11 is 0. The van der Waals surface area contributed by atoms with Gasteiger partial charge in [0.05, 0.1) is 0 Å². The molecule has 0 aliphatic carbocycles. The van der Waals surface area contributed by atoms with Gasteiger partial charge in [-0.3, -0.25) is 0 Å². The molecule has 0 aliphatic rings. The van der Waals surface area contributed by atoms with Gasteiger partial charge in [0.25, 0.3) is 0 Å². The maximum absolute atomic E-state index is 10.5. The van der Waals surface area contributed by atoms with Crippen molar-refractivity contribution < 1.29 is 14.6 Å². The van der Waals surface area contributed by atoms with Crippen LogP contribution < -0.4 is 4.74 Å². The van der Waals surface area contributed by atoms with E-state index in [1.54, 1.807) is 19.1 Å². The number of hydrogen-bond acceptors (Lipinski definition) is 3. The van der Waals surface area contributed by atoms with E-state index in [1.807, 2.05) is 19.1 Å². The number of carboxylic acid groups (broad SMARTS) is 1. The molecule has 0 saturated carbocycles. The normalized spacial score (nSPS) is 12.1. The third-order valence-corrected chi connectivity index (χ3v) is 2.12. The SMILES string of the molecule is Cc1cccc(/C=C/C(=O)O)c1OC(C)C#N. The van der Waals surface area contributed by atoms with Gasteiger partial charge >= 0.3 is 5.97 Å². The molecule has 0 amide bonds. The van der Waals surface area contributed by atoms with Crippen LogP contribution in [0.15, 0.2) is 24.3 Å². The summed E-state index contributed by atoms with van der Waals surface area (Å²) in [5.74, 6) is -0.482. The summed E-state index contributed by atoms with van der Waals surface area (Å²) in [6.07, 6.45) is 1.92. The van der Waals surface area contributed by atoms with Crippen LogP contribution in [0.2, 0.25) is 0 Å². The lowest BCUT2D eigenvalue weighted by Gasteiger charge is -2.13. The van der Waals surface area contributed by atoms with Gasteiger partial charge in [-0.15, -0.1) is 0 Å². The van der Waals surface area contributed by atoms with Crippen LogP contribution in [0.25, 0.3) is 6.08 Å². The van der Waals surface area contributed by atoms with Crippen molar-refractivity contribution in [3.8, 4) is 11.8 Å². The molecule has 1 aromatic carbocycles. The van der Waals surface area contributed by atoms with Crippen molar-refractivity contribution in [3.63, 3.8) is 0 Å². The number of hydrogen-bond donors (Lipinski definition) is 1. The largest absolute Gasteiger partial charge is 0.478 e. The van der Waals surface area contributed by atoms with Crippen LogP contribution in [-0.2, 0) is 4.79 Å². The van der Waals surface area contributed by atoms with Crippen molar-refractivity contribution in [2.45, 2.75) is 20.0 Å². The zero-order valence-corrected chi connectivity index (χ0v) is 9.68. The zero-order chi connectivity index (χ0) is 12.8. The fourth-order valence-corrected chi connectivity index (χ4v) is 1.33. The molecule has 0 aromatic heterocycles. The highest BCUT2D eigenvalue weighted by atomic mass is 16.5. The Hall–Kier alpha value is -2.28. The molecule has 0 bridgehead atoms. The van der Waals surface area contributed by atoms with Crippen molar-refractivity contribution in [1.82, 2.24) is 0 Å². The van der Waals surface area contributed by atoms with Crippen LogP contribution in [0.5, 0.6) is 5.75 Å². The van der Waals surface area contributed by atoms with E-state index in [0.29, 0.717) is 11.3 Å². The van der Waals surface area contributed by atoms with Gasteiger partial charge in [0, 0.05) is 11.6 Å². The molecule has 17 heavy (non-hydrogen) atoms. The molecule has 0 fully saturated rings. The summed E-state index contributed by atoms with van der Waals surface area (Å²) in [5.41, 5.74) is 1.51. The van der Waals surface area contributed by atoms with Gasteiger partial charge < -0.3 is 9.84 Å². The van der Waals surface area contributed by atoms with Crippen molar-refractivity contribution >= 4 is 12.0 Å². The highest BCUT2D eigenvalue weighted by Crippen LogP contribution is 2.25. The van der Waals surface area contributed by atoms with Crippen LogP contribution in [0.4, 0.5) is 0 Å². The van der Waals surface area contributed by atoms with Crippen LogP contribution in [0.3, 0.4) is 0 Å². The molecular weight excluding hydrogens is 218 g/mol. The number of nitrogens with zero attached hydrogens (tertiary/aromatic N) is 1. The smallest absolute Gasteiger partial charge is 0.328 e. The number of carbonyl (C=O) groups is 1. The second kappa shape index (κ2) is 5.71. The van der Waals surface area contributed by atoms with Gasteiger partial charge in [0.1, 0.15) is 11.8 Å². The van der Waals surface area contributed by atoms with Gasteiger partial charge in [-0.2, -0.15) is 5.26 Å². The average molecular weight is 231 g/mol. The molecule has 1 rings (SSSR count). The molecule has 0 saturated heterocycles. The second-order valence-corrected chi connectivity index (χ2v) is 3.55. The minimum absolute atomic E-state index is 0.541. The highest BCUT2D eigenvalue weighted by molar-refractivity contribution is 5.86. The Labute approximate surface area is 99.8 Å². The lowest BCUT2D eigenvalue weighted by Crippen LogP contribution is -2.10. The Morgan fingerprint density at radius 3 is 2.88 bits per heavy atom. The Kier molecular flexibility index (Phi) is 4.29. The number of aryl methyl sites for hydroxylation is 1. The molecule has 0 heterocycles. The van der Waals surface area contributed by atoms with Gasteiger partial charge in [0.15, 0.2) is 6.10 Å². The van der Waals surface area contributed by atoms with Gasteiger partial charge in [-0.1, -0.05) is 18.2 Å². The molecule has 0 radical (unpaired) electrons. The third-order valence-electron chi connectivity index (χ3n) is 2.12. The van der Waals surface area contributed by atoms with E-state index in [1.165, 1.54) is 6.08 Å². The average Bonchev–Trinajstić information content (AvgIpc) is 2.29. The summed E-state index contributed by atoms with van der Waals surface area (Å²) in [4.78, 5) is 10.5. The maximum atomic E-state index is 10.5. The maximum Gasteiger partial charge on any atom is 0.328 e. The summed E-state index contributed by atoms with van der Waals surface area (Å²) in [7, 11) is 0. The number of ether oxygens (including phenoxy) is 1. The quantitative estimate of drug-likeness (QED) is 0.807. The summed E-state index contributed by atoms with van der Waals surface area (Å²) in [5, 5.41) is 17.3. The predicted molar refractivity (Wildman–Crippen MR) is 63.6 cm³/mol. The Bertz CT molecular complexity index is 486. The van der Waals surface area contributed by atoms with Crippen molar-refractivity contribution in [2.75, 3.05) is 0 Å². The minimum atomic E-state index is -1.02. The number of para-hydroxylation sites is 1. The standard InChI is InChI=1S/C13H13NO3/c1-9-4-3-5-11(6-7-12(15)16)13(9)17-10(2)8-14/h3-7,10H,1-2H3,(H,15,16)/b7-6+. The number of rotatable bonds is 4. The lowest BCUT2D eigenvalue weighted by atomic mass is 10.1. The topological polar surface area (TPSA) is 70.3 Å². The molecule has 88 valence electrons. The first kappa shape index (κ1) is 12.8. The number of nitriles is 1. The Morgan fingerprint density at radius 1 is 1.59 bits per heavy atom. The van der Waals surface area contributed by atoms with Gasteiger partial charge in [0.2, 0.25) is 0 Å². The van der Waals surface area contributed by atoms with E-state index in [2.05, 4.69) is 0 Å². The van der Waals surface area contributed by atoms with Crippen molar-refractivity contribution in [2.24, 2.45) is 0 Å². The van der Waals surface area contributed by atoms with Crippen LogP contribution in [-0.4, -0.2) is 17.2 Å². The van der Waals surface area contributed by atoms with Crippen molar-refractivity contribution in [3.05, 3.63) is 35.4 Å². The van der Waals surface area contributed by atoms with Crippen molar-refractivity contribution in [1.29, 1.82) is 5.26 Å². The second-order valence-electron chi connectivity index (χ2n) is 3.55. The van der Waals surface area contributed by atoms with Gasteiger partial charge in [-0.25, -0.2) is 4.79 Å². The van der Waals surface area contributed by atoms with E-state index >= 15 is 0 Å². The first-order chi connectivity index (χ1) is 8.04. The van der Waals surface area contributed by atoms with Gasteiger partial charge in [-0.05, 0) is 25.5 Å². The molecule has 0 spiro atoms. The van der Waals surface area contributed by atoms with E-state index in [4.69, 9.17) is 15.1 Å². The van der Waals surface area contributed by atoms with E-state index in [0.717, 1.165) is 11.6 Å². The first-order valence-corrected chi connectivity index (χ1v) is 5.11. The molecule has 1 N–H and O–H groups in total.